The third-order valence-electron chi connectivity index (χ3n) is 2.68. The van der Waals surface area contributed by atoms with Gasteiger partial charge in [-0.05, 0) is 18.6 Å². The van der Waals surface area contributed by atoms with Crippen LogP contribution in [-0.2, 0) is 16.1 Å². The van der Waals surface area contributed by atoms with Crippen molar-refractivity contribution in [2.45, 2.75) is 13.5 Å². The topological polar surface area (TPSA) is 75.6 Å². The van der Waals surface area contributed by atoms with Crippen molar-refractivity contribution in [1.29, 1.82) is 0 Å². The number of carboxylic acid groups (broad SMARTS) is 1. The van der Waals surface area contributed by atoms with Crippen LogP contribution >= 0.6 is 11.3 Å². The largest absolute Gasteiger partial charge is 0.478 e. The van der Waals surface area contributed by atoms with Crippen LogP contribution in [0.2, 0.25) is 0 Å². The molecule has 0 fully saturated rings. The monoisotopic (exact) mass is 305 g/mol. The smallest absolute Gasteiger partial charge is 0.338 e. The van der Waals surface area contributed by atoms with E-state index in [1.54, 1.807) is 6.92 Å². The summed E-state index contributed by atoms with van der Waals surface area (Å²) in [6.07, 6.45) is 0. The van der Waals surface area contributed by atoms with Crippen molar-refractivity contribution < 1.29 is 19.4 Å². The Labute approximate surface area is 126 Å². The Bertz CT molecular complexity index is 636. The Hall–Kier alpha value is -2.18. The third kappa shape index (κ3) is 4.40. The SMILES string of the molecule is Cc1cc(C(=O)O)c(NC(=O)COCc2ccccc2)s1. The van der Waals surface area contributed by atoms with Crippen molar-refractivity contribution in [1.82, 2.24) is 0 Å². The van der Waals surface area contributed by atoms with Gasteiger partial charge < -0.3 is 15.2 Å². The van der Waals surface area contributed by atoms with E-state index in [1.807, 2.05) is 30.3 Å². The van der Waals surface area contributed by atoms with Crippen LogP contribution in [0.15, 0.2) is 36.4 Å². The van der Waals surface area contributed by atoms with E-state index in [0.717, 1.165) is 10.4 Å². The van der Waals surface area contributed by atoms with Gasteiger partial charge in [-0.15, -0.1) is 11.3 Å². The second kappa shape index (κ2) is 7.01. The van der Waals surface area contributed by atoms with Crippen molar-refractivity contribution in [3.8, 4) is 0 Å². The Kier molecular flexibility index (Phi) is 5.08. The van der Waals surface area contributed by atoms with Gasteiger partial charge in [0, 0.05) is 4.88 Å². The summed E-state index contributed by atoms with van der Waals surface area (Å²) in [5.41, 5.74) is 1.08. The highest BCUT2D eigenvalue weighted by Crippen LogP contribution is 2.27. The molecule has 2 N–H and O–H groups in total. The lowest BCUT2D eigenvalue weighted by Crippen LogP contribution is -2.18. The number of carbonyl (C=O) groups excluding carboxylic acids is 1. The fourth-order valence-electron chi connectivity index (χ4n) is 1.76. The zero-order valence-corrected chi connectivity index (χ0v) is 12.3. The molecular weight excluding hydrogens is 290 g/mol. The highest BCUT2D eigenvalue weighted by molar-refractivity contribution is 7.16. The fourth-order valence-corrected chi connectivity index (χ4v) is 2.68. The van der Waals surface area contributed by atoms with E-state index in [1.165, 1.54) is 17.4 Å². The number of hydrogen-bond acceptors (Lipinski definition) is 4. The number of rotatable bonds is 6. The Morgan fingerprint density at radius 1 is 1.29 bits per heavy atom. The van der Waals surface area contributed by atoms with Gasteiger partial charge in [0.2, 0.25) is 0 Å². The molecule has 0 saturated heterocycles. The molecule has 0 aliphatic carbocycles. The average molecular weight is 305 g/mol. The first-order valence-corrected chi connectivity index (χ1v) is 7.13. The average Bonchev–Trinajstić information content (AvgIpc) is 2.81. The summed E-state index contributed by atoms with van der Waals surface area (Å²) in [5.74, 6) is -1.42. The molecule has 6 heteroatoms. The molecule has 21 heavy (non-hydrogen) atoms. The minimum atomic E-state index is -1.06. The van der Waals surface area contributed by atoms with Gasteiger partial charge in [0.15, 0.2) is 0 Å². The maximum absolute atomic E-state index is 11.8. The Morgan fingerprint density at radius 2 is 2.00 bits per heavy atom. The van der Waals surface area contributed by atoms with Crippen LogP contribution in [-0.4, -0.2) is 23.6 Å². The molecule has 1 amide bonds. The predicted octanol–water partition coefficient (Wildman–Crippen LogP) is 2.91. The first-order chi connectivity index (χ1) is 10.1. The minimum Gasteiger partial charge on any atom is -0.478 e. The first-order valence-electron chi connectivity index (χ1n) is 6.31. The van der Waals surface area contributed by atoms with Crippen LogP contribution in [0.3, 0.4) is 0 Å². The lowest BCUT2D eigenvalue weighted by Gasteiger charge is -2.05. The number of aromatic carboxylic acids is 1. The number of carboxylic acids is 1. The molecule has 0 spiro atoms. The van der Waals surface area contributed by atoms with Crippen LogP contribution in [0.4, 0.5) is 5.00 Å². The predicted molar refractivity (Wildman–Crippen MR) is 80.7 cm³/mol. The molecule has 1 aromatic carbocycles. The molecule has 110 valence electrons. The number of amides is 1. The van der Waals surface area contributed by atoms with Gasteiger partial charge in [0.05, 0.1) is 12.2 Å². The normalized spacial score (nSPS) is 10.3. The zero-order valence-electron chi connectivity index (χ0n) is 11.5. The van der Waals surface area contributed by atoms with Crippen molar-refractivity contribution in [3.63, 3.8) is 0 Å². The van der Waals surface area contributed by atoms with E-state index in [9.17, 15) is 9.59 Å². The molecule has 0 atom stereocenters. The van der Waals surface area contributed by atoms with Crippen LogP contribution < -0.4 is 5.32 Å². The molecule has 1 aromatic heterocycles. The highest BCUT2D eigenvalue weighted by Gasteiger charge is 2.15. The number of thiophene rings is 1. The summed E-state index contributed by atoms with van der Waals surface area (Å²) in [4.78, 5) is 23.6. The van der Waals surface area contributed by atoms with Crippen molar-refractivity contribution >= 4 is 28.2 Å². The second-order valence-electron chi connectivity index (χ2n) is 4.43. The van der Waals surface area contributed by atoms with Gasteiger partial charge in [0.1, 0.15) is 11.6 Å². The summed E-state index contributed by atoms with van der Waals surface area (Å²) < 4.78 is 5.31. The third-order valence-corrected chi connectivity index (χ3v) is 3.65. The Balaban J connectivity index is 1.86. The molecule has 0 aliphatic rings. The molecule has 0 saturated carbocycles. The molecule has 2 aromatic rings. The maximum Gasteiger partial charge on any atom is 0.338 e. The fraction of sp³-hybridized carbons (Fsp3) is 0.200. The number of hydrogen-bond donors (Lipinski definition) is 2. The van der Waals surface area contributed by atoms with E-state index in [-0.39, 0.29) is 18.1 Å². The number of nitrogens with one attached hydrogen (secondary N) is 1. The van der Waals surface area contributed by atoms with Gasteiger partial charge >= 0.3 is 5.97 Å². The standard InChI is InChI=1S/C15H15NO4S/c1-10-7-12(15(18)19)14(21-10)16-13(17)9-20-8-11-5-3-2-4-6-11/h2-7H,8-9H2,1H3,(H,16,17)(H,18,19). The molecule has 1 heterocycles. The molecule has 0 radical (unpaired) electrons. The van der Waals surface area contributed by atoms with Crippen LogP contribution in [0.1, 0.15) is 20.8 Å². The van der Waals surface area contributed by atoms with Gasteiger partial charge in [-0.3, -0.25) is 4.79 Å². The number of ether oxygens (including phenoxy) is 1. The minimum absolute atomic E-state index is 0.105. The van der Waals surface area contributed by atoms with Gasteiger partial charge in [-0.1, -0.05) is 30.3 Å². The van der Waals surface area contributed by atoms with Gasteiger partial charge in [-0.2, -0.15) is 0 Å². The van der Waals surface area contributed by atoms with E-state index < -0.39 is 5.97 Å². The summed E-state index contributed by atoms with van der Waals surface area (Å²) in [6, 6.07) is 11.0. The molecule has 5 nitrogen and oxygen atoms in total. The number of carbonyl (C=O) groups is 2. The van der Waals surface area contributed by atoms with Gasteiger partial charge in [-0.25, -0.2) is 4.79 Å². The zero-order chi connectivity index (χ0) is 15.2. The van der Waals surface area contributed by atoms with Crippen LogP contribution in [0, 0.1) is 6.92 Å². The number of anilines is 1. The summed E-state index contributed by atoms with van der Waals surface area (Å²) in [6.45, 7) is 2.01. The quantitative estimate of drug-likeness (QED) is 0.860. The van der Waals surface area contributed by atoms with E-state index in [2.05, 4.69) is 5.32 Å². The van der Waals surface area contributed by atoms with Gasteiger partial charge in [0.25, 0.3) is 5.91 Å². The highest BCUT2D eigenvalue weighted by atomic mass is 32.1. The summed E-state index contributed by atoms with van der Waals surface area (Å²) >= 11 is 1.23. The van der Waals surface area contributed by atoms with Crippen molar-refractivity contribution in [2.24, 2.45) is 0 Å². The molecule has 0 unspecified atom stereocenters. The summed E-state index contributed by atoms with van der Waals surface area (Å²) in [5, 5.41) is 12.0. The summed E-state index contributed by atoms with van der Waals surface area (Å²) in [7, 11) is 0. The number of aryl methyl sites for hydroxylation is 1. The van der Waals surface area contributed by atoms with Crippen molar-refractivity contribution in [2.75, 3.05) is 11.9 Å². The first kappa shape index (κ1) is 15.2. The molecule has 2 rings (SSSR count). The van der Waals surface area contributed by atoms with E-state index in [4.69, 9.17) is 9.84 Å². The van der Waals surface area contributed by atoms with E-state index >= 15 is 0 Å². The van der Waals surface area contributed by atoms with E-state index in [0.29, 0.717) is 11.6 Å². The van der Waals surface area contributed by atoms with Crippen molar-refractivity contribution in [3.05, 3.63) is 52.4 Å². The lowest BCUT2D eigenvalue weighted by molar-refractivity contribution is -0.120. The molecule has 0 aliphatic heterocycles. The molecular formula is C15H15NO4S. The maximum atomic E-state index is 11.8. The number of benzene rings is 1. The van der Waals surface area contributed by atoms with Crippen LogP contribution in [0.25, 0.3) is 0 Å². The Morgan fingerprint density at radius 3 is 2.67 bits per heavy atom. The second-order valence-corrected chi connectivity index (χ2v) is 5.69. The molecule has 0 bridgehead atoms. The van der Waals surface area contributed by atoms with Crippen LogP contribution in [0.5, 0.6) is 0 Å². The lowest BCUT2D eigenvalue weighted by atomic mass is 10.2.